The Bertz CT molecular complexity index is 1030. The molecule has 9 heteroatoms. The number of thiazole rings is 1. The fourth-order valence-corrected chi connectivity index (χ4v) is 6.89. The molecule has 1 aromatic heterocycles. The van der Waals surface area contributed by atoms with E-state index in [1.54, 1.807) is 0 Å². The van der Waals surface area contributed by atoms with Crippen LogP contribution >= 0.6 is 22.9 Å². The van der Waals surface area contributed by atoms with E-state index < -0.39 is 15.5 Å². The van der Waals surface area contributed by atoms with Crippen molar-refractivity contribution in [2.45, 2.75) is 33.1 Å². The lowest BCUT2D eigenvalue weighted by Gasteiger charge is -2.37. The second-order valence-corrected chi connectivity index (χ2v) is 10.9. The molecule has 1 heterocycles. The highest BCUT2D eigenvalue weighted by atomic mass is 35.5. The van der Waals surface area contributed by atoms with Crippen molar-refractivity contribution in [2.24, 2.45) is 21.8 Å². The van der Waals surface area contributed by atoms with Crippen LogP contribution in [0.2, 0.25) is 5.02 Å². The van der Waals surface area contributed by atoms with Crippen LogP contribution in [0.15, 0.2) is 34.7 Å². The zero-order valence-corrected chi connectivity index (χ0v) is 18.0. The summed E-state index contributed by atoms with van der Waals surface area (Å²) in [6.07, 6.45) is 2.42. The van der Waals surface area contributed by atoms with Crippen LogP contribution < -0.4 is 5.43 Å². The highest BCUT2D eigenvalue weighted by Crippen LogP contribution is 2.64. The van der Waals surface area contributed by atoms with Gasteiger partial charge in [0.25, 0.3) is 10.1 Å². The summed E-state index contributed by atoms with van der Waals surface area (Å²) in [4.78, 5) is 4.56. The number of nitrogens with zero attached hydrogens (tertiary/aromatic N) is 2. The molecule has 0 aliphatic heterocycles. The first-order chi connectivity index (χ1) is 13.1. The quantitative estimate of drug-likeness (QED) is 0.508. The first-order valence-electron chi connectivity index (χ1n) is 9.10. The van der Waals surface area contributed by atoms with E-state index in [9.17, 15) is 13.0 Å². The molecule has 150 valence electrons. The van der Waals surface area contributed by atoms with E-state index in [2.05, 4.69) is 29.4 Å². The van der Waals surface area contributed by atoms with E-state index in [0.29, 0.717) is 16.1 Å². The molecule has 2 atom stereocenters. The zero-order chi connectivity index (χ0) is 20.2. The number of hydrazone groups is 1. The van der Waals surface area contributed by atoms with Gasteiger partial charge in [-0.25, -0.2) is 4.98 Å². The number of hydrogen-bond acceptors (Lipinski definition) is 6. The Balaban J connectivity index is 1.59. The lowest BCUT2D eigenvalue weighted by atomic mass is 9.70. The van der Waals surface area contributed by atoms with Gasteiger partial charge in [0, 0.05) is 27.1 Å². The van der Waals surface area contributed by atoms with Gasteiger partial charge in [0.1, 0.15) is 0 Å². The van der Waals surface area contributed by atoms with Gasteiger partial charge in [-0.05, 0) is 42.7 Å². The minimum atomic E-state index is -4.11. The maximum absolute atomic E-state index is 11.7. The third kappa shape index (κ3) is 3.36. The molecule has 2 bridgehead atoms. The number of halogens is 1. The number of anilines is 1. The van der Waals surface area contributed by atoms with E-state index >= 15 is 0 Å². The molecule has 0 saturated heterocycles. The van der Waals surface area contributed by atoms with Crippen LogP contribution in [0.25, 0.3) is 11.3 Å². The van der Waals surface area contributed by atoms with Crippen molar-refractivity contribution in [1.29, 1.82) is 0 Å². The van der Waals surface area contributed by atoms with Crippen molar-refractivity contribution < 1.29 is 13.0 Å². The largest absolute Gasteiger partial charge is 0.286 e. The summed E-state index contributed by atoms with van der Waals surface area (Å²) < 4.78 is 33.0. The SMILES string of the molecule is CC1(C)C2CCC1(CS(=O)(=O)O)C(=NNc1nc(-c3ccc(Cl)cc3)cs1)C2. The van der Waals surface area contributed by atoms with Crippen LogP contribution in [0.3, 0.4) is 0 Å². The maximum atomic E-state index is 11.7. The smallest absolute Gasteiger partial charge is 0.265 e. The topological polar surface area (TPSA) is 91.7 Å². The predicted molar refractivity (Wildman–Crippen MR) is 114 cm³/mol. The fraction of sp³-hybridized carbons (Fsp3) is 0.474. The van der Waals surface area contributed by atoms with Gasteiger partial charge in [-0.15, -0.1) is 11.3 Å². The van der Waals surface area contributed by atoms with Gasteiger partial charge < -0.3 is 0 Å². The Kier molecular flexibility index (Phi) is 4.81. The Morgan fingerprint density at radius 2 is 2.07 bits per heavy atom. The molecule has 2 N–H and O–H groups in total. The van der Waals surface area contributed by atoms with Gasteiger partial charge in [-0.2, -0.15) is 13.5 Å². The van der Waals surface area contributed by atoms with Gasteiger partial charge in [0.2, 0.25) is 5.13 Å². The lowest BCUT2D eigenvalue weighted by molar-refractivity contribution is 0.193. The van der Waals surface area contributed by atoms with E-state index in [-0.39, 0.29) is 11.2 Å². The Labute approximate surface area is 173 Å². The van der Waals surface area contributed by atoms with Crippen LogP contribution in [-0.2, 0) is 10.1 Å². The normalized spacial score (nSPS) is 27.4. The van der Waals surface area contributed by atoms with E-state index in [4.69, 9.17) is 11.6 Å². The van der Waals surface area contributed by atoms with E-state index in [0.717, 1.165) is 36.2 Å². The Morgan fingerprint density at radius 1 is 1.36 bits per heavy atom. The van der Waals surface area contributed by atoms with E-state index in [1.165, 1.54) is 11.3 Å². The zero-order valence-electron chi connectivity index (χ0n) is 15.6. The second kappa shape index (κ2) is 6.79. The van der Waals surface area contributed by atoms with Crippen molar-refractivity contribution in [2.75, 3.05) is 11.2 Å². The molecule has 4 rings (SSSR count). The first-order valence-corrected chi connectivity index (χ1v) is 12.0. The van der Waals surface area contributed by atoms with Gasteiger partial charge in [0.05, 0.1) is 11.4 Å². The van der Waals surface area contributed by atoms with Gasteiger partial charge in [-0.1, -0.05) is 37.6 Å². The summed E-state index contributed by atoms with van der Waals surface area (Å²) in [7, 11) is -4.11. The van der Waals surface area contributed by atoms with Crippen LogP contribution in [0.4, 0.5) is 5.13 Å². The van der Waals surface area contributed by atoms with Gasteiger partial charge in [0.15, 0.2) is 0 Å². The van der Waals surface area contributed by atoms with Gasteiger partial charge in [-0.3, -0.25) is 9.98 Å². The molecule has 2 fully saturated rings. The summed E-state index contributed by atoms with van der Waals surface area (Å²) in [5, 5.41) is 7.81. The number of rotatable bonds is 5. The maximum Gasteiger partial charge on any atom is 0.265 e. The third-order valence-electron chi connectivity index (χ3n) is 6.53. The number of fused-ring (bicyclic) bond motifs is 2. The minimum absolute atomic E-state index is 0.222. The Hall–Kier alpha value is -1.48. The number of hydrogen-bond donors (Lipinski definition) is 2. The lowest BCUT2D eigenvalue weighted by Crippen LogP contribution is -2.42. The molecule has 0 radical (unpaired) electrons. The molecular weight excluding hydrogens is 418 g/mol. The molecule has 2 saturated carbocycles. The molecule has 6 nitrogen and oxygen atoms in total. The summed E-state index contributed by atoms with van der Waals surface area (Å²) in [6, 6.07) is 7.46. The highest BCUT2D eigenvalue weighted by Gasteiger charge is 2.64. The molecule has 0 amide bonds. The van der Waals surface area contributed by atoms with Crippen molar-refractivity contribution >= 4 is 43.9 Å². The summed E-state index contributed by atoms with van der Waals surface area (Å²) in [5.41, 5.74) is 4.76. The molecule has 2 aliphatic carbocycles. The minimum Gasteiger partial charge on any atom is -0.286 e. The standard InChI is InChI=1S/C19H22ClN3O3S2/c1-18(2)13-7-8-19(18,11-28(24,25)26)16(9-13)22-23-17-21-15(10-27-17)12-3-5-14(20)6-4-12/h3-6,10,13H,7-9,11H2,1-2H3,(H,21,23)(H,24,25,26). The second-order valence-electron chi connectivity index (χ2n) is 8.18. The summed E-state index contributed by atoms with van der Waals surface area (Å²) in [6.45, 7) is 4.17. The molecule has 0 spiro atoms. The van der Waals surface area contributed by atoms with E-state index in [1.807, 2.05) is 29.6 Å². The monoisotopic (exact) mass is 439 g/mol. The van der Waals surface area contributed by atoms with Crippen molar-refractivity contribution in [3.63, 3.8) is 0 Å². The molecule has 2 aliphatic rings. The summed E-state index contributed by atoms with van der Waals surface area (Å²) in [5.74, 6) is 0.0912. The number of benzene rings is 1. The molecule has 28 heavy (non-hydrogen) atoms. The number of aromatic nitrogens is 1. The average molecular weight is 440 g/mol. The van der Waals surface area contributed by atoms with Gasteiger partial charge >= 0.3 is 0 Å². The number of nitrogens with one attached hydrogen (secondary N) is 1. The van der Waals surface area contributed by atoms with Crippen molar-refractivity contribution in [3.8, 4) is 11.3 Å². The van der Waals surface area contributed by atoms with Crippen molar-refractivity contribution in [1.82, 2.24) is 4.98 Å². The molecule has 1 aromatic carbocycles. The average Bonchev–Trinajstić information content (AvgIpc) is 3.22. The fourth-order valence-electron chi connectivity index (χ4n) is 4.80. The van der Waals surface area contributed by atoms with Crippen LogP contribution in [0.5, 0.6) is 0 Å². The first kappa shape index (κ1) is 19.8. The van der Waals surface area contributed by atoms with Crippen LogP contribution in [0, 0.1) is 16.7 Å². The molecule has 2 aromatic rings. The molecular formula is C19H22ClN3O3S2. The predicted octanol–water partition coefficient (Wildman–Crippen LogP) is 4.95. The Morgan fingerprint density at radius 3 is 2.71 bits per heavy atom. The summed E-state index contributed by atoms with van der Waals surface area (Å²) >= 11 is 7.37. The highest BCUT2D eigenvalue weighted by molar-refractivity contribution is 7.85. The van der Waals surface area contributed by atoms with Crippen LogP contribution in [-0.4, -0.2) is 29.4 Å². The third-order valence-corrected chi connectivity index (χ3v) is 8.38. The van der Waals surface area contributed by atoms with Crippen LogP contribution in [0.1, 0.15) is 33.1 Å². The van der Waals surface area contributed by atoms with Crippen molar-refractivity contribution in [3.05, 3.63) is 34.7 Å². The molecule has 2 unspecified atom stereocenters.